The minimum atomic E-state index is -1.20. The summed E-state index contributed by atoms with van der Waals surface area (Å²) in [5.74, 6) is -1.97. The standard InChI is InChI=1S/C13H13ClN2O5/c14-7-4-8(17)11-9(12(7)16(20)21)5-2-1-3-6(5)10(15-11)13(18)19/h1-2,4-6,10,15-17,20H,3H2,(H,18,19)/t5-,6+,10+/m0/s1. The maximum atomic E-state index is 11.5. The molecule has 0 spiro atoms. The number of carboxylic acid groups (broad SMARTS) is 1. The molecule has 1 aliphatic heterocycles. The van der Waals surface area contributed by atoms with Gasteiger partial charge in [-0.25, -0.2) is 10.0 Å². The number of benzene rings is 1. The van der Waals surface area contributed by atoms with E-state index in [2.05, 4.69) is 5.32 Å². The van der Waals surface area contributed by atoms with E-state index in [0.717, 1.165) is 6.07 Å². The third kappa shape index (κ3) is 2.06. The van der Waals surface area contributed by atoms with Gasteiger partial charge in [0.25, 0.3) is 0 Å². The van der Waals surface area contributed by atoms with Crippen LogP contribution >= 0.6 is 11.6 Å². The molecule has 112 valence electrons. The summed E-state index contributed by atoms with van der Waals surface area (Å²) in [7, 11) is 0. The lowest BCUT2D eigenvalue weighted by molar-refractivity contribution is -0.991. The van der Waals surface area contributed by atoms with Crippen LogP contribution in [0.5, 0.6) is 5.75 Å². The lowest BCUT2D eigenvalue weighted by Gasteiger charge is -2.36. The number of hydrogen-bond donors (Lipinski definition) is 5. The number of nitrogens with one attached hydrogen (secondary N) is 2. The number of rotatable bonds is 2. The Morgan fingerprint density at radius 2 is 2.24 bits per heavy atom. The summed E-state index contributed by atoms with van der Waals surface area (Å²) in [4.78, 5) is 11.4. The molecule has 5 N–H and O–H groups in total. The Labute approximate surface area is 124 Å². The maximum Gasteiger partial charge on any atom is 0.326 e. The monoisotopic (exact) mass is 312 g/mol. The van der Waals surface area contributed by atoms with Crippen molar-refractivity contribution in [1.29, 1.82) is 0 Å². The molecule has 0 bridgehead atoms. The largest absolute Gasteiger partial charge is 0.595 e. The second-order valence-corrected chi connectivity index (χ2v) is 5.57. The molecule has 0 amide bonds. The summed E-state index contributed by atoms with van der Waals surface area (Å²) in [6.07, 6.45) is 4.13. The van der Waals surface area contributed by atoms with Crippen LogP contribution < -0.4 is 10.5 Å². The highest BCUT2D eigenvalue weighted by atomic mass is 35.5. The van der Waals surface area contributed by atoms with Gasteiger partial charge in [0, 0.05) is 17.9 Å². The number of halogens is 1. The fourth-order valence-corrected chi connectivity index (χ4v) is 3.48. The molecule has 0 aromatic heterocycles. The molecule has 0 fully saturated rings. The lowest BCUT2D eigenvalue weighted by atomic mass is 9.78. The zero-order valence-electron chi connectivity index (χ0n) is 10.7. The molecule has 1 aromatic rings. The van der Waals surface area contributed by atoms with E-state index >= 15 is 0 Å². The summed E-state index contributed by atoms with van der Waals surface area (Å²) < 4.78 is 0. The van der Waals surface area contributed by atoms with Gasteiger partial charge in [0.05, 0.1) is 11.3 Å². The quantitative estimate of drug-likeness (QED) is 0.240. The number of phenolic OH excluding ortho intramolecular Hbond substituents is 1. The predicted molar refractivity (Wildman–Crippen MR) is 73.9 cm³/mol. The number of phenols is 1. The fourth-order valence-electron chi connectivity index (χ4n) is 3.19. The Kier molecular flexibility index (Phi) is 3.29. The normalized spacial score (nSPS) is 27.7. The first-order valence-corrected chi connectivity index (χ1v) is 6.74. The van der Waals surface area contributed by atoms with E-state index in [1.165, 1.54) is 0 Å². The highest BCUT2D eigenvalue weighted by Gasteiger charge is 2.44. The molecular weight excluding hydrogens is 300 g/mol. The van der Waals surface area contributed by atoms with Crippen LogP contribution in [0.15, 0.2) is 18.2 Å². The van der Waals surface area contributed by atoms with Gasteiger partial charge >= 0.3 is 5.97 Å². The van der Waals surface area contributed by atoms with E-state index in [4.69, 9.17) is 11.6 Å². The Hall–Kier alpha value is -1.80. The average molecular weight is 313 g/mol. The second kappa shape index (κ2) is 4.88. The van der Waals surface area contributed by atoms with Crippen LogP contribution in [0.4, 0.5) is 11.4 Å². The molecule has 7 nitrogen and oxygen atoms in total. The predicted octanol–water partition coefficient (Wildman–Crippen LogP) is 0.987. The number of hydrogen-bond acceptors (Lipinski definition) is 5. The molecule has 2 aliphatic rings. The molecule has 3 rings (SSSR count). The lowest BCUT2D eigenvalue weighted by Crippen LogP contribution is -2.99. The number of allylic oxidation sites excluding steroid dienone is 2. The Morgan fingerprint density at radius 1 is 1.52 bits per heavy atom. The first-order valence-electron chi connectivity index (χ1n) is 6.36. The number of aliphatic carboxylic acids is 1. The number of fused-ring (bicyclic) bond motifs is 3. The van der Waals surface area contributed by atoms with Crippen molar-refractivity contribution in [3.05, 3.63) is 34.0 Å². The summed E-state index contributed by atoms with van der Waals surface area (Å²) >= 11 is 5.94. The van der Waals surface area contributed by atoms with Gasteiger partial charge in [-0.1, -0.05) is 23.8 Å². The van der Waals surface area contributed by atoms with Crippen molar-refractivity contribution in [2.75, 3.05) is 5.32 Å². The fraction of sp³-hybridized carbons (Fsp3) is 0.308. The van der Waals surface area contributed by atoms with Gasteiger partial charge < -0.3 is 20.7 Å². The molecule has 8 heteroatoms. The number of anilines is 1. The van der Waals surface area contributed by atoms with E-state index in [-0.39, 0.29) is 28.1 Å². The van der Waals surface area contributed by atoms with E-state index in [1.807, 2.05) is 6.08 Å². The molecule has 0 saturated carbocycles. The zero-order chi connectivity index (χ0) is 15.3. The van der Waals surface area contributed by atoms with Crippen molar-refractivity contribution in [3.63, 3.8) is 0 Å². The minimum absolute atomic E-state index is 0.0617. The van der Waals surface area contributed by atoms with Crippen LogP contribution in [-0.2, 0) is 4.79 Å². The van der Waals surface area contributed by atoms with Crippen molar-refractivity contribution in [2.24, 2.45) is 5.92 Å². The molecular formula is C13H13ClN2O5. The topological polar surface area (TPSA) is 117 Å². The minimum Gasteiger partial charge on any atom is -0.595 e. The van der Waals surface area contributed by atoms with Crippen LogP contribution in [0.3, 0.4) is 0 Å². The maximum absolute atomic E-state index is 11.5. The van der Waals surface area contributed by atoms with Crippen molar-refractivity contribution >= 4 is 28.9 Å². The number of quaternary nitrogens is 1. The van der Waals surface area contributed by atoms with Crippen LogP contribution in [0.2, 0.25) is 5.02 Å². The van der Waals surface area contributed by atoms with E-state index in [1.54, 1.807) is 6.08 Å². The SMILES string of the molecule is O=C(O)[C@@H]1Nc2c(O)cc(Cl)c([NH+]([O-])O)c2[C@H]2C=CC[C@H]21. The van der Waals surface area contributed by atoms with Crippen LogP contribution in [0.25, 0.3) is 0 Å². The highest BCUT2D eigenvalue weighted by molar-refractivity contribution is 6.33. The van der Waals surface area contributed by atoms with Gasteiger partial charge in [-0.2, -0.15) is 5.23 Å². The van der Waals surface area contributed by atoms with Gasteiger partial charge in [0.1, 0.15) is 16.8 Å². The Bertz CT molecular complexity index is 646. The first kappa shape index (κ1) is 14.2. The second-order valence-electron chi connectivity index (χ2n) is 5.16. The molecule has 0 saturated heterocycles. The summed E-state index contributed by atoms with van der Waals surface area (Å²) in [5, 5.41) is 41.7. The first-order chi connectivity index (χ1) is 9.91. The Balaban J connectivity index is 2.24. The van der Waals surface area contributed by atoms with Gasteiger partial charge in [-0.3, -0.25) is 0 Å². The zero-order valence-corrected chi connectivity index (χ0v) is 11.5. The molecule has 21 heavy (non-hydrogen) atoms. The van der Waals surface area contributed by atoms with Crippen molar-refractivity contribution in [2.45, 2.75) is 18.4 Å². The van der Waals surface area contributed by atoms with Crippen molar-refractivity contribution < 1.29 is 25.4 Å². The van der Waals surface area contributed by atoms with Gasteiger partial charge in [0.15, 0.2) is 5.69 Å². The van der Waals surface area contributed by atoms with Crippen LogP contribution in [0, 0.1) is 11.1 Å². The number of aromatic hydroxyl groups is 1. The van der Waals surface area contributed by atoms with E-state index in [0.29, 0.717) is 12.0 Å². The number of carbonyl (C=O) groups is 1. The molecule has 1 heterocycles. The molecule has 0 radical (unpaired) electrons. The van der Waals surface area contributed by atoms with Crippen LogP contribution in [-0.4, -0.2) is 27.4 Å². The van der Waals surface area contributed by atoms with Crippen molar-refractivity contribution in [3.8, 4) is 5.75 Å². The molecule has 1 unspecified atom stereocenters. The average Bonchev–Trinajstić information content (AvgIpc) is 2.86. The van der Waals surface area contributed by atoms with Gasteiger partial charge in [-0.05, 0) is 6.42 Å². The van der Waals surface area contributed by atoms with Gasteiger partial charge in [-0.15, -0.1) is 0 Å². The molecule has 4 atom stereocenters. The van der Waals surface area contributed by atoms with Gasteiger partial charge in [0.2, 0.25) is 0 Å². The third-order valence-corrected chi connectivity index (χ3v) is 4.35. The van der Waals surface area contributed by atoms with Crippen LogP contribution in [0.1, 0.15) is 17.9 Å². The Morgan fingerprint density at radius 3 is 2.86 bits per heavy atom. The third-order valence-electron chi connectivity index (χ3n) is 4.05. The summed E-state index contributed by atoms with van der Waals surface area (Å²) in [5.41, 5.74) is 0.392. The summed E-state index contributed by atoms with van der Waals surface area (Å²) in [6.45, 7) is 0. The molecule has 1 aliphatic carbocycles. The van der Waals surface area contributed by atoms with E-state index in [9.17, 15) is 25.4 Å². The highest BCUT2D eigenvalue weighted by Crippen LogP contribution is 2.51. The summed E-state index contributed by atoms with van der Waals surface area (Å²) in [6, 6.07) is 0.237. The smallest absolute Gasteiger partial charge is 0.326 e. The number of carboxylic acids is 1. The van der Waals surface area contributed by atoms with E-state index < -0.39 is 23.2 Å². The van der Waals surface area contributed by atoms with Crippen molar-refractivity contribution in [1.82, 2.24) is 0 Å². The molecule has 1 aromatic carbocycles.